The van der Waals surface area contributed by atoms with Gasteiger partial charge >= 0.3 is 5.69 Å². The first kappa shape index (κ1) is 11.5. The van der Waals surface area contributed by atoms with Gasteiger partial charge in [-0.2, -0.15) is 5.26 Å². The molecule has 6 heteroatoms. The molecule has 15 heavy (non-hydrogen) atoms. The Labute approximate surface area is 91.5 Å². The first-order valence-corrected chi connectivity index (χ1v) is 5.43. The van der Waals surface area contributed by atoms with E-state index in [-0.39, 0.29) is 5.69 Å². The molecule has 0 saturated heterocycles. The predicted molar refractivity (Wildman–Crippen MR) is 59.1 cm³/mol. The molecule has 0 fully saturated rings. The van der Waals surface area contributed by atoms with E-state index in [0.717, 1.165) is 24.2 Å². The summed E-state index contributed by atoms with van der Waals surface area (Å²) in [5, 5.41) is 22.7. The first-order valence-electron chi connectivity index (χ1n) is 4.61. The third-order valence-electron chi connectivity index (χ3n) is 1.84. The topological polar surface area (TPSA) is 79.0 Å². The number of anilines is 1. The van der Waals surface area contributed by atoms with E-state index in [1.165, 1.54) is 6.07 Å². The van der Waals surface area contributed by atoms with Crippen molar-refractivity contribution < 1.29 is 4.92 Å². The number of hydrogen-bond acceptors (Lipinski definition) is 5. The minimum Gasteiger partial charge on any atom is -0.371 e. The number of hydrogen-bond donors (Lipinski definition) is 1. The average Bonchev–Trinajstić information content (AvgIpc) is 2.62. The molecule has 0 spiro atoms. The smallest absolute Gasteiger partial charge is 0.304 e. The summed E-state index contributed by atoms with van der Waals surface area (Å²) in [4.78, 5) is 10.5. The summed E-state index contributed by atoms with van der Waals surface area (Å²) in [6, 6.07) is 3.21. The van der Waals surface area contributed by atoms with E-state index < -0.39 is 4.92 Å². The number of nitriles is 1. The maximum absolute atomic E-state index is 10.6. The third kappa shape index (κ3) is 2.92. The summed E-state index contributed by atoms with van der Waals surface area (Å²) < 4.78 is 0. The number of rotatable bonds is 5. The lowest BCUT2D eigenvalue weighted by molar-refractivity contribution is -0.383. The van der Waals surface area contributed by atoms with Crippen LogP contribution in [-0.2, 0) is 0 Å². The second kappa shape index (κ2) is 5.32. The van der Waals surface area contributed by atoms with Crippen molar-refractivity contribution in [3.8, 4) is 6.07 Å². The third-order valence-corrected chi connectivity index (χ3v) is 2.82. The summed E-state index contributed by atoms with van der Waals surface area (Å²) in [5.74, 6) is 0. The summed E-state index contributed by atoms with van der Waals surface area (Å²) in [6.45, 7) is 2.74. The van der Waals surface area contributed by atoms with Gasteiger partial charge in [-0.3, -0.25) is 10.1 Å². The van der Waals surface area contributed by atoms with Gasteiger partial charge < -0.3 is 5.32 Å². The van der Waals surface area contributed by atoms with Crippen molar-refractivity contribution in [3.63, 3.8) is 0 Å². The zero-order chi connectivity index (χ0) is 11.3. The molecule has 0 aliphatic carbocycles. The monoisotopic (exact) mass is 225 g/mol. The van der Waals surface area contributed by atoms with E-state index >= 15 is 0 Å². The quantitative estimate of drug-likeness (QED) is 0.474. The fourth-order valence-electron chi connectivity index (χ4n) is 1.08. The Morgan fingerprint density at radius 1 is 1.73 bits per heavy atom. The molecule has 1 N–H and O–H groups in total. The summed E-state index contributed by atoms with van der Waals surface area (Å²) in [7, 11) is 0. The molecule has 1 aromatic heterocycles. The molecule has 0 saturated carbocycles. The van der Waals surface area contributed by atoms with Crippen LogP contribution in [0.2, 0.25) is 0 Å². The Kier molecular flexibility index (Phi) is 4.06. The number of thiophene rings is 1. The molecular formula is C9H11N3O2S. The van der Waals surface area contributed by atoms with E-state index in [1.54, 1.807) is 0 Å². The highest BCUT2D eigenvalue weighted by molar-refractivity contribution is 7.17. The fourth-order valence-corrected chi connectivity index (χ4v) is 1.93. The van der Waals surface area contributed by atoms with E-state index in [2.05, 4.69) is 5.32 Å². The van der Waals surface area contributed by atoms with Gasteiger partial charge in [-0.25, -0.2) is 0 Å². The van der Waals surface area contributed by atoms with Gasteiger partial charge in [0.05, 0.1) is 4.92 Å². The van der Waals surface area contributed by atoms with Gasteiger partial charge in [0.25, 0.3) is 0 Å². The molecule has 0 atom stereocenters. The Hall–Kier alpha value is -1.61. The Morgan fingerprint density at radius 3 is 3.00 bits per heavy atom. The number of nitrogens with zero attached hydrogens (tertiary/aromatic N) is 2. The maximum Gasteiger partial charge on any atom is 0.304 e. The van der Waals surface area contributed by atoms with Crippen LogP contribution in [0.4, 0.5) is 10.7 Å². The lowest BCUT2D eigenvalue weighted by atomic mass is 10.3. The minimum atomic E-state index is -0.467. The highest BCUT2D eigenvalue weighted by Gasteiger charge is 2.18. The summed E-state index contributed by atoms with van der Waals surface area (Å²) in [5.41, 5.74) is -0.00680. The van der Waals surface area contributed by atoms with E-state index in [0.29, 0.717) is 16.4 Å². The van der Waals surface area contributed by atoms with Gasteiger partial charge in [-0.15, -0.1) is 11.3 Å². The van der Waals surface area contributed by atoms with Crippen molar-refractivity contribution in [2.45, 2.75) is 19.8 Å². The summed E-state index contributed by atoms with van der Waals surface area (Å²) >= 11 is 1.12. The van der Waals surface area contributed by atoms with Crippen LogP contribution < -0.4 is 5.32 Å². The van der Waals surface area contributed by atoms with Crippen LogP contribution in [0.15, 0.2) is 6.07 Å². The van der Waals surface area contributed by atoms with Crippen molar-refractivity contribution in [1.82, 2.24) is 0 Å². The lowest BCUT2D eigenvalue weighted by Gasteiger charge is -2.00. The molecule has 0 aliphatic heterocycles. The number of nitrogens with one attached hydrogen (secondary N) is 1. The second-order valence-corrected chi connectivity index (χ2v) is 4.03. The number of nitro groups is 1. The van der Waals surface area contributed by atoms with Gasteiger partial charge in [0.15, 0.2) is 5.00 Å². The molecule has 1 rings (SSSR count). The van der Waals surface area contributed by atoms with E-state index in [4.69, 9.17) is 5.26 Å². The molecule has 1 aromatic rings. The van der Waals surface area contributed by atoms with E-state index in [1.807, 2.05) is 13.0 Å². The van der Waals surface area contributed by atoms with Crippen molar-refractivity contribution in [3.05, 3.63) is 21.1 Å². The highest BCUT2D eigenvalue weighted by atomic mass is 32.1. The molecule has 5 nitrogen and oxygen atoms in total. The van der Waals surface area contributed by atoms with Crippen molar-refractivity contribution in [1.29, 1.82) is 5.26 Å². The van der Waals surface area contributed by atoms with E-state index in [9.17, 15) is 10.1 Å². The second-order valence-electron chi connectivity index (χ2n) is 2.97. The Morgan fingerprint density at radius 2 is 2.47 bits per heavy atom. The molecule has 0 radical (unpaired) electrons. The molecule has 0 aromatic carbocycles. The zero-order valence-corrected chi connectivity index (χ0v) is 9.13. The van der Waals surface area contributed by atoms with Crippen LogP contribution in [0.1, 0.15) is 24.6 Å². The Bertz CT molecular complexity index is 395. The van der Waals surface area contributed by atoms with Crippen LogP contribution >= 0.6 is 11.3 Å². The van der Waals surface area contributed by atoms with Crippen molar-refractivity contribution in [2.75, 3.05) is 11.9 Å². The van der Waals surface area contributed by atoms with Crippen LogP contribution in [-0.4, -0.2) is 11.5 Å². The predicted octanol–water partition coefficient (Wildman–Crippen LogP) is 2.74. The van der Waals surface area contributed by atoms with Gasteiger partial charge in [-0.1, -0.05) is 13.3 Å². The van der Waals surface area contributed by atoms with Crippen molar-refractivity contribution in [2.24, 2.45) is 0 Å². The molecule has 0 bridgehead atoms. The van der Waals surface area contributed by atoms with Crippen LogP contribution in [0, 0.1) is 21.4 Å². The first-order chi connectivity index (χ1) is 7.19. The van der Waals surface area contributed by atoms with Gasteiger partial charge in [0, 0.05) is 12.6 Å². The Balaban J connectivity index is 2.81. The molecule has 0 unspecified atom stereocenters. The van der Waals surface area contributed by atoms with Crippen LogP contribution in [0.3, 0.4) is 0 Å². The van der Waals surface area contributed by atoms with Gasteiger partial charge in [0.2, 0.25) is 0 Å². The molecule has 1 heterocycles. The average molecular weight is 225 g/mol. The van der Waals surface area contributed by atoms with Crippen LogP contribution in [0.5, 0.6) is 0 Å². The molecular weight excluding hydrogens is 214 g/mol. The molecule has 0 aliphatic rings. The molecule has 80 valence electrons. The SMILES string of the molecule is CCCCNc1sc(C#N)cc1[N+](=O)[O-]. The maximum atomic E-state index is 10.6. The summed E-state index contributed by atoms with van der Waals surface area (Å²) in [6.07, 6.45) is 1.98. The minimum absolute atomic E-state index is 0.00680. The van der Waals surface area contributed by atoms with Gasteiger partial charge in [0.1, 0.15) is 10.9 Å². The molecule has 0 amide bonds. The zero-order valence-electron chi connectivity index (χ0n) is 8.32. The lowest BCUT2D eigenvalue weighted by Crippen LogP contribution is -2.00. The number of unbranched alkanes of at least 4 members (excludes halogenated alkanes) is 1. The normalized spacial score (nSPS) is 9.60. The fraction of sp³-hybridized carbons (Fsp3) is 0.444. The highest BCUT2D eigenvalue weighted by Crippen LogP contribution is 2.33. The largest absolute Gasteiger partial charge is 0.371 e. The van der Waals surface area contributed by atoms with Crippen molar-refractivity contribution >= 4 is 22.0 Å². The van der Waals surface area contributed by atoms with Crippen LogP contribution in [0.25, 0.3) is 0 Å². The van der Waals surface area contributed by atoms with Gasteiger partial charge in [-0.05, 0) is 6.42 Å². The standard InChI is InChI=1S/C9H11N3O2S/c1-2-3-4-11-9-8(12(13)14)5-7(6-10)15-9/h5,11H,2-4H2,1H3.